The van der Waals surface area contributed by atoms with Crippen molar-refractivity contribution in [2.75, 3.05) is 19.6 Å². The van der Waals surface area contributed by atoms with Gasteiger partial charge in [-0.2, -0.15) is 13.2 Å². The molecule has 0 amide bonds. The Labute approximate surface area is 103 Å². The Morgan fingerprint density at radius 1 is 1.11 bits per heavy atom. The molecule has 0 atom stereocenters. The number of carbonyl (C=O) groups is 1. The van der Waals surface area contributed by atoms with E-state index in [0.29, 0.717) is 12.1 Å². The fourth-order valence-corrected chi connectivity index (χ4v) is 2.08. The van der Waals surface area contributed by atoms with Crippen molar-refractivity contribution >= 4 is 5.78 Å². The number of nitrogens with zero attached hydrogens (tertiary/aromatic N) is 1. The van der Waals surface area contributed by atoms with Crippen LogP contribution >= 0.6 is 0 Å². The number of benzene rings is 1. The van der Waals surface area contributed by atoms with Crippen LogP contribution in [0.5, 0.6) is 0 Å². The van der Waals surface area contributed by atoms with Crippen molar-refractivity contribution in [1.82, 2.24) is 4.90 Å². The number of hydrogen-bond acceptors (Lipinski definition) is 2. The lowest BCUT2D eigenvalue weighted by Crippen LogP contribution is -2.26. The van der Waals surface area contributed by atoms with E-state index in [1.165, 1.54) is 12.1 Å². The van der Waals surface area contributed by atoms with Crippen LogP contribution in [0.2, 0.25) is 0 Å². The van der Waals surface area contributed by atoms with E-state index in [0.717, 1.165) is 38.1 Å². The second-order valence-corrected chi connectivity index (χ2v) is 4.48. The van der Waals surface area contributed by atoms with Gasteiger partial charge in [-0.25, -0.2) is 0 Å². The van der Waals surface area contributed by atoms with Gasteiger partial charge in [0.2, 0.25) is 0 Å². The van der Waals surface area contributed by atoms with E-state index in [-0.39, 0.29) is 5.78 Å². The van der Waals surface area contributed by atoms with Crippen LogP contribution in [0.15, 0.2) is 24.3 Å². The summed E-state index contributed by atoms with van der Waals surface area (Å²) < 4.78 is 37.1. The molecule has 5 heteroatoms. The van der Waals surface area contributed by atoms with Gasteiger partial charge in [-0.05, 0) is 38.1 Å². The van der Waals surface area contributed by atoms with E-state index in [4.69, 9.17) is 0 Å². The van der Waals surface area contributed by atoms with Crippen molar-refractivity contribution in [2.45, 2.75) is 19.0 Å². The first-order valence-electron chi connectivity index (χ1n) is 5.89. The molecule has 0 bridgehead atoms. The molecule has 1 fully saturated rings. The molecule has 1 aliphatic rings. The molecule has 18 heavy (non-hydrogen) atoms. The molecule has 2 nitrogen and oxygen atoms in total. The summed E-state index contributed by atoms with van der Waals surface area (Å²) >= 11 is 0. The summed E-state index contributed by atoms with van der Waals surface area (Å²) in [7, 11) is 0. The summed E-state index contributed by atoms with van der Waals surface area (Å²) in [5.41, 5.74) is -0.380. The Hall–Kier alpha value is -1.36. The van der Waals surface area contributed by atoms with Crippen molar-refractivity contribution in [2.24, 2.45) is 0 Å². The second kappa shape index (κ2) is 5.10. The van der Waals surface area contributed by atoms with Gasteiger partial charge in [0, 0.05) is 5.56 Å². The number of ketones is 1. The van der Waals surface area contributed by atoms with Gasteiger partial charge in [-0.3, -0.25) is 9.69 Å². The van der Waals surface area contributed by atoms with Crippen LogP contribution in [0.25, 0.3) is 0 Å². The highest BCUT2D eigenvalue weighted by atomic mass is 19.4. The van der Waals surface area contributed by atoms with Gasteiger partial charge in [0.05, 0.1) is 12.1 Å². The van der Waals surface area contributed by atoms with Gasteiger partial charge in [0.25, 0.3) is 0 Å². The predicted molar refractivity (Wildman–Crippen MR) is 61.4 cm³/mol. The minimum atomic E-state index is -4.35. The number of alkyl halides is 3. The first-order valence-corrected chi connectivity index (χ1v) is 5.89. The molecule has 98 valence electrons. The Morgan fingerprint density at radius 2 is 1.67 bits per heavy atom. The zero-order valence-corrected chi connectivity index (χ0v) is 9.83. The molecule has 1 aromatic carbocycles. The second-order valence-electron chi connectivity index (χ2n) is 4.48. The van der Waals surface area contributed by atoms with Crippen molar-refractivity contribution in [3.05, 3.63) is 35.4 Å². The number of rotatable bonds is 3. The normalized spacial score (nSPS) is 17.1. The van der Waals surface area contributed by atoms with Gasteiger partial charge in [-0.15, -0.1) is 0 Å². The molecule has 0 aliphatic carbocycles. The van der Waals surface area contributed by atoms with Crippen LogP contribution in [0.4, 0.5) is 13.2 Å². The zero-order valence-electron chi connectivity index (χ0n) is 9.83. The summed E-state index contributed by atoms with van der Waals surface area (Å²) in [6, 6.07) is 4.41. The summed E-state index contributed by atoms with van der Waals surface area (Å²) in [5, 5.41) is 0. The van der Waals surface area contributed by atoms with E-state index in [1.807, 2.05) is 4.90 Å². The Bertz CT molecular complexity index is 419. The molecular formula is C13H14F3NO. The summed E-state index contributed by atoms with van der Waals surface area (Å²) in [6.45, 7) is 2.09. The third kappa shape index (κ3) is 3.10. The van der Waals surface area contributed by atoms with Crippen molar-refractivity contribution in [1.29, 1.82) is 0 Å². The summed E-state index contributed by atoms with van der Waals surface area (Å²) in [4.78, 5) is 13.9. The number of halogens is 3. The molecular weight excluding hydrogens is 243 g/mol. The predicted octanol–water partition coefficient (Wildman–Crippen LogP) is 2.98. The monoisotopic (exact) mass is 257 g/mol. The SMILES string of the molecule is O=C(CN1CCCC1)c1ccc(C(F)(F)F)cc1. The Morgan fingerprint density at radius 3 is 2.17 bits per heavy atom. The van der Waals surface area contributed by atoms with E-state index < -0.39 is 11.7 Å². The maximum absolute atomic E-state index is 12.4. The van der Waals surface area contributed by atoms with E-state index >= 15 is 0 Å². The van der Waals surface area contributed by atoms with Crippen molar-refractivity contribution in [3.63, 3.8) is 0 Å². The molecule has 1 saturated heterocycles. The van der Waals surface area contributed by atoms with Crippen LogP contribution in [0.1, 0.15) is 28.8 Å². The molecule has 0 N–H and O–H groups in total. The molecule has 0 unspecified atom stereocenters. The topological polar surface area (TPSA) is 20.3 Å². The van der Waals surface area contributed by atoms with Gasteiger partial charge in [0.15, 0.2) is 5.78 Å². The fraction of sp³-hybridized carbons (Fsp3) is 0.462. The molecule has 1 aromatic rings. The standard InChI is InChI=1S/C13H14F3NO/c14-13(15,16)11-5-3-10(4-6-11)12(18)9-17-7-1-2-8-17/h3-6H,1-2,7-9H2. The highest BCUT2D eigenvalue weighted by molar-refractivity contribution is 5.97. The lowest BCUT2D eigenvalue weighted by atomic mass is 10.1. The number of likely N-dealkylation sites (tertiary alicyclic amines) is 1. The molecule has 2 rings (SSSR count). The number of Topliss-reactive ketones (excluding diaryl/α,β-unsaturated/α-hetero) is 1. The fourth-order valence-electron chi connectivity index (χ4n) is 2.08. The van der Waals surface area contributed by atoms with Crippen LogP contribution < -0.4 is 0 Å². The summed E-state index contributed by atoms with van der Waals surface area (Å²) in [6.07, 6.45) is -2.18. The first-order chi connectivity index (χ1) is 8.47. The van der Waals surface area contributed by atoms with Crippen LogP contribution in [0.3, 0.4) is 0 Å². The largest absolute Gasteiger partial charge is 0.416 e. The van der Waals surface area contributed by atoms with Gasteiger partial charge in [0.1, 0.15) is 0 Å². The van der Waals surface area contributed by atoms with E-state index in [2.05, 4.69) is 0 Å². The van der Waals surface area contributed by atoms with Crippen molar-refractivity contribution in [3.8, 4) is 0 Å². The highest BCUT2D eigenvalue weighted by Crippen LogP contribution is 2.29. The van der Waals surface area contributed by atoms with E-state index in [1.54, 1.807) is 0 Å². The van der Waals surface area contributed by atoms with Gasteiger partial charge in [-0.1, -0.05) is 12.1 Å². The minimum Gasteiger partial charge on any atom is -0.296 e. The van der Waals surface area contributed by atoms with Crippen LogP contribution in [0, 0.1) is 0 Å². The average molecular weight is 257 g/mol. The highest BCUT2D eigenvalue weighted by Gasteiger charge is 2.30. The first kappa shape index (κ1) is 13.1. The minimum absolute atomic E-state index is 0.120. The Balaban J connectivity index is 2.02. The maximum atomic E-state index is 12.4. The Kier molecular flexibility index (Phi) is 3.71. The van der Waals surface area contributed by atoms with Crippen LogP contribution in [-0.2, 0) is 6.18 Å². The molecule has 0 spiro atoms. The average Bonchev–Trinajstić information content (AvgIpc) is 2.81. The molecule has 0 radical (unpaired) electrons. The van der Waals surface area contributed by atoms with Gasteiger partial charge < -0.3 is 0 Å². The van der Waals surface area contributed by atoms with Gasteiger partial charge >= 0.3 is 6.18 Å². The smallest absolute Gasteiger partial charge is 0.296 e. The van der Waals surface area contributed by atoms with Crippen molar-refractivity contribution < 1.29 is 18.0 Å². The third-order valence-electron chi connectivity index (χ3n) is 3.10. The zero-order chi connectivity index (χ0) is 13.2. The molecule has 1 aliphatic heterocycles. The molecule has 0 saturated carbocycles. The lowest BCUT2D eigenvalue weighted by Gasteiger charge is -2.13. The van der Waals surface area contributed by atoms with Crippen LogP contribution in [-0.4, -0.2) is 30.3 Å². The lowest BCUT2D eigenvalue weighted by molar-refractivity contribution is -0.137. The summed E-state index contributed by atoms with van der Waals surface area (Å²) in [5.74, 6) is -0.120. The maximum Gasteiger partial charge on any atom is 0.416 e. The quantitative estimate of drug-likeness (QED) is 0.776. The van der Waals surface area contributed by atoms with E-state index in [9.17, 15) is 18.0 Å². The molecule has 1 heterocycles. The number of carbonyl (C=O) groups excluding carboxylic acids is 1. The number of hydrogen-bond donors (Lipinski definition) is 0. The molecule has 0 aromatic heterocycles. The third-order valence-corrected chi connectivity index (χ3v) is 3.10.